The van der Waals surface area contributed by atoms with Crippen molar-refractivity contribution in [3.05, 3.63) is 25.9 Å². The summed E-state index contributed by atoms with van der Waals surface area (Å²) in [6.07, 6.45) is 6.91. The molecule has 5 heteroatoms. The van der Waals surface area contributed by atoms with Crippen molar-refractivity contribution in [2.45, 2.75) is 52.1 Å². The molecule has 1 fully saturated rings. The highest BCUT2D eigenvalue weighted by Crippen LogP contribution is 2.23. The van der Waals surface area contributed by atoms with Crippen LogP contribution in [0, 0.1) is 16.4 Å². The fourth-order valence-corrected chi connectivity index (χ4v) is 3.23. The third kappa shape index (κ3) is 3.78. The van der Waals surface area contributed by atoms with E-state index >= 15 is 0 Å². The van der Waals surface area contributed by atoms with E-state index in [1.165, 1.54) is 25.7 Å². The molecule has 2 atom stereocenters. The molecule has 1 aromatic rings. The van der Waals surface area contributed by atoms with Gasteiger partial charge in [-0.25, -0.2) is 4.98 Å². The highest BCUT2D eigenvalue weighted by molar-refractivity contribution is 14.1. The average molecular weight is 375 g/mol. The van der Waals surface area contributed by atoms with Crippen molar-refractivity contribution in [1.29, 1.82) is 0 Å². The molecule has 1 aromatic heterocycles. The number of nitrogens with zero attached hydrogens (tertiary/aromatic N) is 2. The third-order valence-electron chi connectivity index (χ3n) is 4.06. The standard InChI is InChI=1S/C14H22IN3O/c1-10-5-3-4-6-13(10)16-7-8-18-11(2)17-9-12(15)14(18)19/h9-10,13,16H,3-8H2,1-2H3. The van der Waals surface area contributed by atoms with Gasteiger partial charge in [0.1, 0.15) is 5.82 Å². The Bertz CT molecular complexity index is 486. The Balaban J connectivity index is 1.92. The molecule has 0 radical (unpaired) electrons. The van der Waals surface area contributed by atoms with E-state index in [2.05, 4.69) is 17.2 Å². The number of hydrogen-bond acceptors (Lipinski definition) is 3. The number of aromatic nitrogens is 2. The number of aryl methyl sites for hydroxylation is 1. The quantitative estimate of drug-likeness (QED) is 0.822. The molecule has 4 nitrogen and oxygen atoms in total. The molecule has 1 saturated carbocycles. The van der Waals surface area contributed by atoms with Crippen LogP contribution in [0.15, 0.2) is 11.0 Å². The summed E-state index contributed by atoms with van der Waals surface area (Å²) < 4.78 is 2.46. The van der Waals surface area contributed by atoms with Crippen LogP contribution in [0.2, 0.25) is 0 Å². The first kappa shape index (κ1) is 15.0. The summed E-state index contributed by atoms with van der Waals surface area (Å²) in [4.78, 5) is 16.3. The molecular weight excluding hydrogens is 353 g/mol. The molecule has 1 aliphatic carbocycles. The Morgan fingerprint density at radius 2 is 2.21 bits per heavy atom. The smallest absolute Gasteiger partial charge is 0.266 e. The summed E-state index contributed by atoms with van der Waals surface area (Å²) in [6, 6.07) is 0.612. The zero-order valence-electron chi connectivity index (χ0n) is 11.7. The number of hydrogen-bond donors (Lipinski definition) is 1. The van der Waals surface area contributed by atoms with Gasteiger partial charge in [0, 0.05) is 25.3 Å². The van der Waals surface area contributed by atoms with Crippen LogP contribution < -0.4 is 10.9 Å². The van der Waals surface area contributed by atoms with Crippen molar-refractivity contribution in [3.63, 3.8) is 0 Å². The maximum Gasteiger partial charge on any atom is 0.266 e. The molecule has 1 N–H and O–H groups in total. The molecule has 0 spiro atoms. The molecule has 0 bridgehead atoms. The predicted octanol–water partition coefficient (Wildman–Crippen LogP) is 2.32. The topological polar surface area (TPSA) is 46.9 Å². The van der Waals surface area contributed by atoms with Gasteiger partial charge in [0.05, 0.1) is 3.57 Å². The van der Waals surface area contributed by atoms with E-state index < -0.39 is 0 Å². The van der Waals surface area contributed by atoms with Crippen LogP contribution in [0.25, 0.3) is 0 Å². The Morgan fingerprint density at radius 1 is 1.47 bits per heavy atom. The van der Waals surface area contributed by atoms with Crippen molar-refractivity contribution in [1.82, 2.24) is 14.9 Å². The van der Waals surface area contributed by atoms with Crippen LogP contribution in [-0.2, 0) is 6.54 Å². The minimum Gasteiger partial charge on any atom is -0.312 e. The molecule has 0 amide bonds. The summed E-state index contributed by atoms with van der Waals surface area (Å²) in [7, 11) is 0. The molecule has 106 valence electrons. The van der Waals surface area contributed by atoms with Crippen molar-refractivity contribution < 1.29 is 0 Å². The van der Waals surface area contributed by atoms with Crippen LogP contribution in [0.1, 0.15) is 38.4 Å². The molecule has 1 aliphatic rings. The summed E-state index contributed by atoms with van der Waals surface area (Å²) in [5.74, 6) is 1.55. The van der Waals surface area contributed by atoms with Crippen molar-refractivity contribution in [2.75, 3.05) is 6.54 Å². The summed E-state index contributed by atoms with van der Waals surface area (Å²) in [6.45, 7) is 5.76. The van der Waals surface area contributed by atoms with Gasteiger partial charge in [0.25, 0.3) is 5.56 Å². The fourth-order valence-electron chi connectivity index (χ4n) is 2.80. The second kappa shape index (κ2) is 6.83. The van der Waals surface area contributed by atoms with Crippen LogP contribution in [-0.4, -0.2) is 22.1 Å². The normalized spacial score (nSPS) is 23.5. The molecular formula is C14H22IN3O. The van der Waals surface area contributed by atoms with Crippen molar-refractivity contribution in [3.8, 4) is 0 Å². The Morgan fingerprint density at radius 3 is 2.95 bits per heavy atom. The fraction of sp³-hybridized carbons (Fsp3) is 0.714. The van der Waals surface area contributed by atoms with E-state index in [9.17, 15) is 4.79 Å². The Hall–Kier alpha value is -0.430. The van der Waals surface area contributed by atoms with Gasteiger partial charge in [0.15, 0.2) is 0 Å². The molecule has 19 heavy (non-hydrogen) atoms. The van der Waals surface area contributed by atoms with Gasteiger partial charge in [-0.15, -0.1) is 0 Å². The number of halogens is 1. The maximum atomic E-state index is 12.0. The molecule has 0 saturated heterocycles. The van der Waals surface area contributed by atoms with Crippen LogP contribution in [0.4, 0.5) is 0 Å². The van der Waals surface area contributed by atoms with Gasteiger partial charge < -0.3 is 5.32 Å². The number of nitrogens with one attached hydrogen (secondary N) is 1. The van der Waals surface area contributed by atoms with Crippen molar-refractivity contribution >= 4 is 22.6 Å². The largest absolute Gasteiger partial charge is 0.312 e. The first-order valence-electron chi connectivity index (χ1n) is 7.05. The minimum absolute atomic E-state index is 0.0755. The van der Waals surface area contributed by atoms with E-state index in [0.717, 1.165) is 18.3 Å². The van der Waals surface area contributed by atoms with Gasteiger partial charge in [-0.2, -0.15) is 0 Å². The Kier molecular flexibility index (Phi) is 5.38. The number of rotatable bonds is 4. The predicted molar refractivity (Wildman–Crippen MR) is 85.4 cm³/mol. The van der Waals surface area contributed by atoms with E-state index in [1.54, 1.807) is 10.8 Å². The average Bonchev–Trinajstić information content (AvgIpc) is 2.40. The molecule has 0 aromatic carbocycles. The van der Waals surface area contributed by atoms with Crippen molar-refractivity contribution in [2.24, 2.45) is 5.92 Å². The molecule has 0 aliphatic heterocycles. The van der Waals surface area contributed by atoms with Crippen LogP contribution in [0.5, 0.6) is 0 Å². The molecule has 2 rings (SSSR count). The highest BCUT2D eigenvalue weighted by Gasteiger charge is 2.20. The lowest BCUT2D eigenvalue weighted by molar-refractivity contribution is 0.277. The van der Waals surface area contributed by atoms with E-state index in [0.29, 0.717) is 16.2 Å². The second-order valence-corrected chi connectivity index (χ2v) is 6.59. The van der Waals surface area contributed by atoms with E-state index in [1.807, 2.05) is 29.5 Å². The zero-order chi connectivity index (χ0) is 13.8. The van der Waals surface area contributed by atoms with Gasteiger partial charge in [-0.05, 0) is 48.3 Å². The zero-order valence-corrected chi connectivity index (χ0v) is 13.8. The van der Waals surface area contributed by atoms with E-state index in [4.69, 9.17) is 0 Å². The monoisotopic (exact) mass is 375 g/mol. The Labute approximate surface area is 128 Å². The highest BCUT2D eigenvalue weighted by atomic mass is 127. The van der Waals surface area contributed by atoms with Crippen LogP contribution in [0.3, 0.4) is 0 Å². The van der Waals surface area contributed by atoms with Gasteiger partial charge in [-0.3, -0.25) is 9.36 Å². The first-order valence-corrected chi connectivity index (χ1v) is 8.13. The van der Waals surface area contributed by atoms with Gasteiger partial charge in [-0.1, -0.05) is 19.8 Å². The second-order valence-electron chi connectivity index (χ2n) is 5.43. The summed E-state index contributed by atoms with van der Waals surface area (Å²) in [5.41, 5.74) is 0.0755. The van der Waals surface area contributed by atoms with Gasteiger partial charge in [0.2, 0.25) is 0 Å². The van der Waals surface area contributed by atoms with Gasteiger partial charge >= 0.3 is 0 Å². The first-order chi connectivity index (χ1) is 9.09. The van der Waals surface area contributed by atoms with Crippen LogP contribution >= 0.6 is 22.6 Å². The summed E-state index contributed by atoms with van der Waals surface area (Å²) in [5, 5.41) is 3.60. The lowest BCUT2D eigenvalue weighted by Gasteiger charge is -2.29. The minimum atomic E-state index is 0.0755. The third-order valence-corrected chi connectivity index (χ3v) is 4.80. The lowest BCUT2D eigenvalue weighted by atomic mass is 9.86. The molecule has 1 heterocycles. The summed E-state index contributed by atoms with van der Waals surface area (Å²) >= 11 is 2.05. The maximum absolute atomic E-state index is 12.0. The van der Waals surface area contributed by atoms with E-state index in [-0.39, 0.29) is 5.56 Å². The SMILES string of the molecule is Cc1ncc(I)c(=O)n1CCNC1CCCCC1C. The molecule has 2 unspecified atom stereocenters. The lowest BCUT2D eigenvalue weighted by Crippen LogP contribution is -2.40.